The summed E-state index contributed by atoms with van der Waals surface area (Å²) in [5.74, 6) is 1.04. The third kappa shape index (κ3) is 7.78. The van der Waals surface area contributed by atoms with Gasteiger partial charge in [0, 0.05) is 16.1 Å². The summed E-state index contributed by atoms with van der Waals surface area (Å²) >= 11 is 12.5. The summed E-state index contributed by atoms with van der Waals surface area (Å²) in [5.41, 5.74) is 5.14. The molecule has 0 aliphatic carbocycles. The Kier molecular flexibility index (Phi) is 9.95. The molecule has 0 bridgehead atoms. The predicted molar refractivity (Wildman–Crippen MR) is 153 cm³/mol. The molecule has 0 fully saturated rings. The maximum Gasteiger partial charge on any atom is 0.250 e. The Balaban J connectivity index is 1.33. The maximum atomic E-state index is 12.3. The predicted octanol–water partition coefficient (Wildman–Crippen LogP) is 6.84. The van der Waals surface area contributed by atoms with E-state index in [9.17, 15) is 4.79 Å². The lowest BCUT2D eigenvalue weighted by atomic mass is 10.2. The van der Waals surface area contributed by atoms with Crippen molar-refractivity contribution in [2.45, 2.75) is 17.9 Å². The van der Waals surface area contributed by atoms with E-state index in [1.807, 2.05) is 67.6 Å². The second-order valence-corrected chi connectivity index (χ2v) is 10.9. The molecule has 37 heavy (non-hydrogen) atoms. The Hall–Kier alpha value is -2.92. The zero-order chi connectivity index (χ0) is 26.0. The molecule has 3 aromatic carbocycles. The molecule has 1 amide bonds. The van der Waals surface area contributed by atoms with Gasteiger partial charge in [-0.15, -0.1) is 10.2 Å². The number of hydrazone groups is 1. The molecule has 7 nitrogen and oxygen atoms in total. The Morgan fingerprint density at radius 3 is 2.70 bits per heavy atom. The highest BCUT2D eigenvalue weighted by molar-refractivity contribution is 9.10. The number of amides is 1. The molecular formula is C26H22BrClN4O3S2. The minimum absolute atomic E-state index is 0.170. The molecule has 1 N–H and O–H groups in total. The van der Waals surface area contributed by atoms with Crippen molar-refractivity contribution >= 4 is 62.8 Å². The number of rotatable bonds is 11. The number of carbonyl (C=O) groups excluding carboxylic acids is 1. The highest BCUT2D eigenvalue weighted by Crippen LogP contribution is 2.37. The standard InChI is InChI=1S/C26H22BrClN4O3S2/c1-2-34-22-13-17(12-20(27)24(22)35-15-19-10-6-7-11-21(19)28)14-29-30-23(33)16-36-26-32-31-25(37-26)18-8-4-3-5-9-18/h3-14H,2,15-16H2,1H3,(H,30,33). The fourth-order valence-corrected chi connectivity index (χ4v) is 5.55. The summed E-state index contributed by atoms with van der Waals surface area (Å²) in [4.78, 5) is 12.3. The second kappa shape index (κ2) is 13.6. The monoisotopic (exact) mass is 616 g/mol. The number of nitrogens with zero attached hydrogens (tertiary/aromatic N) is 3. The fraction of sp³-hybridized carbons (Fsp3) is 0.154. The fourth-order valence-electron chi connectivity index (χ4n) is 3.13. The van der Waals surface area contributed by atoms with Gasteiger partial charge in [0.15, 0.2) is 15.8 Å². The van der Waals surface area contributed by atoms with Gasteiger partial charge < -0.3 is 9.47 Å². The average Bonchev–Trinajstić information content (AvgIpc) is 3.38. The summed E-state index contributed by atoms with van der Waals surface area (Å²) in [6, 6.07) is 20.9. The molecule has 190 valence electrons. The van der Waals surface area contributed by atoms with Crippen molar-refractivity contribution in [2.24, 2.45) is 5.10 Å². The van der Waals surface area contributed by atoms with Crippen LogP contribution in [0, 0.1) is 0 Å². The van der Waals surface area contributed by atoms with Gasteiger partial charge in [-0.2, -0.15) is 5.10 Å². The van der Waals surface area contributed by atoms with Crippen LogP contribution in [0.4, 0.5) is 0 Å². The van der Waals surface area contributed by atoms with Crippen molar-refractivity contribution in [3.8, 4) is 22.1 Å². The molecule has 0 aliphatic heterocycles. The summed E-state index contributed by atoms with van der Waals surface area (Å²) < 4.78 is 13.2. The SMILES string of the molecule is CCOc1cc(C=NNC(=O)CSc2nnc(-c3ccccc3)s2)cc(Br)c1OCc1ccccc1Cl. The van der Waals surface area contributed by atoms with E-state index in [0.717, 1.165) is 26.0 Å². The minimum atomic E-state index is -0.249. The Morgan fingerprint density at radius 1 is 1.14 bits per heavy atom. The van der Waals surface area contributed by atoms with Crippen LogP contribution in [-0.4, -0.2) is 34.7 Å². The quantitative estimate of drug-likeness (QED) is 0.113. The first-order valence-corrected chi connectivity index (χ1v) is 14.2. The third-order valence-corrected chi connectivity index (χ3v) is 7.88. The lowest BCUT2D eigenvalue weighted by Gasteiger charge is -2.15. The zero-order valence-electron chi connectivity index (χ0n) is 19.7. The molecule has 0 unspecified atom stereocenters. The van der Waals surface area contributed by atoms with Crippen LogP contribution in [0.2, 0.25) is 5.02 Å². The first kappa shape index (κ1) is 27.1. The van der Waals surface area contributed by atoms with Gasteiger partial charge in [-0.05, 0) is 46.6 Å². The van der Waals surface area contributed by atoms with Gasteiger partial charge in [0.2, 0.25) is 0 Å². The number of ether oxygens (including phenoxy) is 2. The van der Waals surface area contributed by atoms with Gasteiger partial charge in [0.05, 0.1) is 23.0 Å². The molecule has 0 atom stereocenters. The maximum absolute atomic E-state index is 12.3. The molecule has 0 saturated heterocycles. The summed E-state index contributed by atoms with van der Waals surface area (Å²) in [6.07, 6.45) is 1.55. The van der Waals surface area contributed by atoms with Gasteiger partial charge in [0.1, 0.15) is 11.6 Å². The van der Waals surface area contributed by atoms with Gasteiger partial charge in [-0.25, -0.2) is 5.43 Å². The van der Waals surface area contributed by atoms with E-state index in [-0.39, 0.29) is 11.7 Å². The number of aromatic nitrogens is 2. The van der Waals surface area contributed by atoms with Crippen LogP contribution in [0.5, 0.6) is 11.5 Å². The lowest BCUT2D eigenvalue weighted by molar-refractivity contribution is -0.118. The largest absolute Gasteiger partial charge is 0.490 e. The van der Waals surface area contributed by atoms with Crippen LogP contribution < -0.4 is 14.9 Å². The Labute approximate surface area is 236 Å². The number of nitrogens with one attached hydrogen (secondary N) is 1. The molecule has 4 rings (SSSR count). The van der Waals surface area contributed by atoms with E-state index in [1.54, 1.807) is 12.3 Å². The van der Waals surface area contributed by atoms with Crippen molar-refractivity contribution in [1.29, 1.82) is 0 Å². The van der Waals surface area contributed by atoms with E-state index < -0.39 is 0 Å². The number of thioether (sulfide) groups is 1. The number of hydrogen-bond donors (Lipinski definition) is 1. The smallest absolute Gasteiger partial charge is 0.250 e. The average molecular weight is 618 g/mol. The van der Waals surface area contributed by atoms with Crippen molar-refractivity contribution in [3.63, 3.8) is 0 Å². The van der Waals surface area contributed by atoms with Crippen molar-refractivity contribution in [1.82, 2.24) is 15.6 Å². The topological polar surface area (TPSA) is 85.7 Å². The van der Waals surface area contributed by atoms with E-state index >= 15 is 0 Å². The number of hydrogen-bond acceptors (Lipinski definition) is 8. The summed E-state index contributed by atoms with van der Waals surface area (Å²) in [5, 5.41) is 13.9. The Bertz CT molecular complexity index is 1390. The van der Waals surface area contributed by atoms with Crippen LogP contribution in [0.25, 0.3) is 10.6 Å². The lowest BCUT2D eigenvalue weighted by Crippen LogP contribution is -2.19. The minimum Gasteiger partial charge on any atom is -0.490 e. The van der Waals surface area contributed by atoms with Crippen molar-refractivity contribution < 1.29 is 14.3 Å². The first-order valence-electron chi connectivity index (χ1n) is 11.2. The van der Waals surface area contributed by atoms with E-state index in [0.29, 0.717) is 34.2 Å². The molecular weight excluding hydrogens is 596 g/mol. The molecule has 1 aromatic heterocycles. The summed E-state index contributed by atoms with van der Waals surface area (Å²) in [7, 11) is 0. The van der Waals surface area contributed by atoms with E-state index in [4.69, 9.17) is 21.1 Å². The van der Waals surface area contributed by atoms with Crippen LogP contribution in [0.3, 0.4) is 0 Å². The van der Waals surface area contributed by atoms with Gasteiger partial charge in [-0.1, -0.05) is 83.2 Å². The van der Waals surface area contributed by atoms with E-state index in [2.05, 4.69) is 36.7 Å². The van der Waals surface area contributed by atoms with E-state index in [1.165, 1.54) is 23.1 Å². The number of carbonyl (C=O) groups is 1. The van der Waals surface area contributed by atoms with Gasteiger partial charge in [-0.3, -0.25) is 4.79 Å². The van der Waals surface area contributed by atoms with Crippen LogP contribution in [0.15, 0.2) is 80.6 Å². The molecule has 0 aliphatic rings. The number of halogens is 2. The normalized spacial score (nSPS) is 11.0. The first-order chi connectivity index (χ1) is 18.0. The highest BCUT2D eigenvalue weighted by Gasteiger charge is 2.13. The van der Waals surface area contributed by atoms with Gasteiger partial charge >= 0.3 is 0 Å². The molecule has 11 heteroatoms. The molecule has 4 aromatic rings. The van der Waals surface area contributed by atoms with Crippen LogP contribution >= 0.6 is 50.6 Å². The molecule has 1 heterocycles. The summed E-state index contributed by atoms with van der Waals surface area (Å²) in [6.45, 7) is 2.65. The van der Waals surface area contributed by atoms with Crippen LogP contribution in [0.1, 0.15) is 18.1 Å². The Morgan fingerprint density at radius 2 is 1.92 bits per heavy atom. The molecule has 0 saturated carbocycles. The molecule has 0 spiro atoms. The van der Waals surface area contributed by atoms with Crippen LogP contribution in [-0.2, 0) is 11.4 Å². The number of benzene rings is 3. The van der Waals surface area contributed by atoms with Crippen molar-refractivity contribution in [3.05, 3.63) is 87.4 Å². The second-order valence-electron chi connectivity index (χ2n) is 7.46. The highest BCUT2D eigenvalue weighted by atomic mass is 79.9. The van der Waals surface area contributed by atoms with Gasteiger partial charge in [0.25, 0.3) is 5.91 Å². The zero-order valence-corrected chi connectivity index (χ0v) is 23.7. The molecule has 0 radical (unpaired) electrons. The van der Waals surface area contributed by atoms with Crippen molar-refractivity contribution in [2.75, 3.05) is 12.4 Å². The third-order valence-electron chi connectivity index (χ3n) is 4.82.